The average Bonchev–Trinajstić information content (AvgIpc) is 2.88. The summed E-state index contributed by atoms with van der Waals surface area (Å²) in [5, 5.41) is 0. The van der Waals surface area contributed by atoms with Crippen molar-refractivity contribution in [3.63, 3.8) is 0 Å². The molecular weight excluding hydrogens is 354 g/mol. The molecule has 1 heterocycles. The van der Waals surface area contributed by atoms with Crippen LogP contribution in [-0.4, -0.2) is 16.5 Å². The summed E-state index contributed by atoms with van der Waals surface area (Å²) in [5.74, 6) is 0.518. The summed E-state index contributed by atoms with van der Waals surface area (Å²) >= 11 is 6.53. The summed E-state index contributed by atoms with van der Waals surface area (Å²) in [6, 6.07) is 15.5. The van der Waals surface area contributed by atoms with Gasteiger partial charge in [-0.1, -0.05) is 58.0 Å². The van der Waals surface area contributed by atoms with Gasteiger partial charge in [-0.15, -0.1) is 11.3 Å². The first-order valence-electron chi connectivity index (χ1n) is 6.00. The Kier molecular flexibility index (Phi) is 4.19. The van der Waals surface area contributed by atoms with Gasteiger partial charge in [0, 0.05) is 10.0 Å². The van der Waals surface area contributed by atoms with Crippen molar-refractivity contribution in [1.82, 2.24) is 4.98 Å². The fourth-order valence-electron chi connectivity index (χ4n) is 1.81. The van der Waals surface area contributed by atoms with Crippen LogP contribution in [0.1, 0.15) is 10.4 Å². The Bertz CT molecular complexity index is 736. The maximum Gasteiger partial charge on any atom is 0.174 e. The van der Waals surface area contributed by atoms with Gasteiger partial charge < -0.3 is 0 Å². The Balaban J connectivity index is 1.73. The molecule has 2 aromatic carbocycles. The van der Waals surface area contributed by atoms with Crippen molar-refractivity contribution >= 4 is 55.0 Å². The molecule has 0 saturated heterocycles. The Morgan fingerprint density at radius 3 is 2.70 bits per heavy atom. The highest BCUT2D eigenvalue weighted by Crippen LogP contribution is 2.30. The molecule has 0 atom stereocenters. The van der Waals surface area contributed by atoms with Gasteiger partial charge in [-0.3, -0.25) is 4.79 Å². The minimum absolute atomic E-state index is 0.113. The zero-order chi connectivity index (χ0) is 13.9. The van der Waals surface area contributed by atoms with Gasteiger partial charge >= 0.3 is 0 Å². The van der Waals surface area contributed by atoms with E-state index in [-0.39, 0.29) is 5.78 Å². The number of para-hydroxylation sites is 1. The van der Waals surface area contributed by atoms with E-state index in [9.17, 15) is 4.79 Å². The van der Waals surface area contributed by atoms with Crippen LogP contribution in [0.3, 0.4) is 0 Å². The number of carbonyl (C=O) groups excluding carboxylic acids is 1. The minimum atomic E-state index is 0.113. The standard InChI is InChI=1S/C15H10BrNOS2/c16-11-6-2-1-5-10(11)13(18)9-19-15-17-12-7-3-4-8-14(12)20-15/h1-8H,9H2. The summed E-state index contributed by atoms with van der Waals surface area (Å²) in [7, 11) is 0. The van der Waals surface area contributed by atoms with Crippen LogP contribution in [0.25, 0.3) is 10.2 Å². The number of hydrogen-bond donors (Lipinski definition) is 0. The highest BCUT2D eigenvalue weighted by Gasteiger charge is 2.11. The van der Waals surface area contributed by atoms with Crippen LogP contribution in [0.5, 0.6) is 0 Å². The van der Waals surface area contributed by atoms with Crippen LogP contribution >= 0.6 is 39.0 Å². The molecular formula is C15H10BrNOS2. The number of ketones is 1. The van der Waals surface area contributed by atoms with E-state index in [4.69, 9.17) is 0 Å². The quantitative estimate of drug-likeness (QED) is 0.480. The van der Waals surface area contributed by atoms with Gasteiger partial charge in [-0.25, -0.2) is 4.98 Å². The van der Waals surface area contributed by atoms with Gasteiger partial charge in [0.2, 0.25) is 0 Å². The maximum absolute atomic E-state index is 12.2. The lowest BCUT2D eigenvalue weighted by Gasteiger charge is -2.01. The van der Waals surface area contributed by atoms with Crippen molar-refractivity contribution in [2.75, 3.05) is 5.75 Å². The third kappa shape index (κ3) is 2.95. The van der Waals surface area contributed by atoms with Gasteiger partial charge in [0.15, 0.2) is 10.1 Å². The Morgan fingerprint density at radius 2 is 1.90 bits per heavy atom. The SMILES string of the molecule is O=C(CSc1nc2ccccc2s1)c1ccccc1Br. The van der Waals surface area contributed by atoms with Crippen molar-refractivity contribution in [3.8, 4) is 0 Å². The molecule has 20 heavy (non-hydrogen) atoms. The van der Waals surface area contributed by atoms with Crippen molar-refractivity contribution in [3.05, 3.63) is 58.6 Å². The number of Topliss-reactive ketones (excluding diaryl/α,β-unsaturated/α-hetero) is 1. The van der Waals surface area contributed by atoms with Crippen LogP contribution in [0.15, 0.2) is 57.3 Å². The molecule has 0 fully saturated rings. The first-order chi connectivity index (χ1) is 9.74. The molecule has 1 aromatic heterocycles. The van der Waals surface area contributed by atoms with Crippen LogP contribution in [0, 0.1) is 0 Å². The van der Waals surface area contributed by atoms with E-state index in [0.29, 0.717) is 5.75 Å². The number of benzene rings is 2. The lowest BCUT2D eigenvalue weighted by molar-refractivity contribution is 0.102. The monoisotopic (exact) mass is 363 g/mol. The smallest absolute Gasteiger partial charge is 0.174 e. The van der Waals surface area contributed by atoms with Gasteiger partial charge in [-0.05, 0) is 18.2 Å². The van der Waals surface area contributed by atoms with Crippen molar-refractivity contribution in [2.45, 2.75) is 4.34 Å². The van der Waals surface area contributed by atoms with Crippen molar-refractivity contribution in [1.29, 1.82) is 0 Å². The van der Waals surface area contributed by atoms with E-state index in [1.807, 2.05) is 48.5 Å². The topological polar surface area (TPSA) is 30.0 Å². The van der Waals surface area contributed by atoms with E-state index in [1.54, 1.807) is 11.3 Å². The molecule has 100 valence electrons. The molecule has 3 aromatic rings. The fourth-order valence-corrected chi connectivity index (χ4v) is 4.26. The number of nitrogens with zero attached hydrogens (tertiary/aromatic N) is 1. The average molecular weight is 364 g/mol. The Hall–Kier alpha value is -1.17. The third-order valence-corrected chi connectivity index (χ3v) is 5.65. The summed E-state index contributed by atoms with van der Waals surface area (Å²) in [6.07, 6.45) is 0. The molecule has 0 unspecified atom stereocenters. The molecule has 5 heteroatoms. The van der Waals surface area contributed by atoms with Gasteiger partial charge in [0.1, 0.15) is 0 Å². The first kappa shape index (κ1) is 13.8. The first-order valence-corrected chi connectivity index (χ1v) is 8.59. The number of rotatable bonds is 4. The lowest BCUT2D eigenvalue weighted by atomic mass is 10.1. The summed E-state index contributed by atoms with van der Waals surface area (Å²) < 4.78 is 2.94. The van der Waals surface area contributed by atoms with Crippen LogP contribution in [0.2, 0.25) is 0 Å². The molecule has 2 nitrogen and oxygen atoms in total. The predicted octanol–water partition coefficient (Wildman–Crippen LogP) is 5.03. The molecule has 0 aliphatic carbocycles. The second-order valence-electron chi connectivity index (χ2n) is 4.14. The Labute approximate surface area is 133 Å². The van der Waals surface area contributed by atoms with E-state index in [1.165, 1.54) is 11.8 Å². The van der Waals surface area contributed by atoms with Crippen molar-refractivity contribution in [2.24, 2.45) is 0 Å². The van der Waals surface area contributed by atoms with Gasteiger partial charge in [0.25, 0.3) is 0 Å². The zero-order valence-corrected chi connectivity index (χ0v) is 13.6. The number of thiazole rings is 1. The molecule has 0 spiro atoms. The zero-order valence-electron chi connectivity index (χ0n) is 10.4. The number of halogens is 1. The molecule has 0 amide bonds. The third-order valence-electron chi connectivity index (χ3n) is 2.78. The van der Waals surface area contributed by atoms with Gasteiger partial charge in [0.05, 0.1) is 16.0 Å². The molecule has 0 aliphatic heterocycles. The largest absolute Gasteiger partial charge is 0.293 e. The number of hydrogen-bond acceptors (Lipinski definition) is 4. The number of fused-ring (bicyclic) bond motifs is 1. The highest BCUT2D eigenvalue weighted by molar-refractivity contribution is 9.10. The van der Waals surface area contributed by atoms with E-state index in [2.05, 4.69) is 20.9 Å². The summed E-state index contributed by atoms with van der Waals surface area (Å²) in [5.41, 5.74) is 1.72. The number of aromatic nitrogens is 1. The lowest BCUT2D eigenvalue weighted by Crippen LogP contribution is -2.02. The minimum Gasteiger partial charge on any atom is -0.293 e. The van der Waals surface area contributed by atoms with E-state index >= 15 is 0 Å². The maximum atomic E-state index is 12.2. The second kappa shape index (κ2) is 6.08. The fraction of sp³-hybridized carbons (Fsp3) is 0.0667. The molecule has 0 aliphatic rings. The van der Waals surface area contributed by atoms with E-state index in [0.717, 1.165) is 24.6 Å². The summed E-state index contributed by atoms with van der Waals surface area (Å²) in [6.45, 7) is 0. The molecule has 0 bridgehead atoms. The van der Waals surface area contributed by atoms with Crippen molar-refractivity contribution < 1.29 is 4.79 Å². The number of thioether (sulfide) groups is 1. The van der Waals surface area contributed by atoms with E-state index < -0.39 is 0 Å². The van der Waals surface area contributed by atoms with Crippen LogP contribution in [-0.2, 0) is 0 Å². The highest BCUT2D eigenvalue weighted by atomic mass is 79.9. The normalized spacial score (nSPS) is 10.8. The van der Waals surface area contributed by atoms with Crippen LogP contribution < -0.4 is 0 Å². The molecule has 0 saturated carbocycles. The molecule has 0 radical (unpaired) electrons. The second-order valence-corrected chi connectivity index (χ2v) is 7.25. The number of carbonyl (C=O) groups is 1. The predicted molar refractivity (Wildman–Crippen MR) is 88.8 cm³/mol. The molecule has 3 rings (SSSR count). The van der Waals surface area contributed by atoms with Crippen LogP contribution in [0.4, 0.5) is 0 Å². The summed E-state index contributed by atoms with van der Waals surface area (Å²) in [4.78, 5) is 16.7. The van der Waals surface area contributed by atoms with Gasteiger partial charge in [-0.2, -0.15) is 0 Å². The molecule has 0 N–H and O–H groups in total. The Morgan fingerprint density at radius 1 is 1.15 bits per heavy atom.